The van der Waals surface area contributed by atoms with Crippen LogP contribution in [0.1, 0.15) is 17.2 Å². The van der Waals surface area contributed by atoms with Crippen LogP contribution in [0.2, 0.25) is 5.02 Å². The molecule has 0 radical (unpaired) electrons. The number of hydrogen-bond donors (Lipinski definition) is 1. The first kappa shape index (κ1) is 19.9. The molecule has 0 bridgehead atoms. The molecule has 7 heteroatoms. The van der Waals surface area contributed by atoms with Gasteiger partial charge < -0.3 is 15.0 Å². The third kappa shape index (κ3) is 4.28. The van der Waals surface area contributed by atoms with Crippen LogP contribution in [0.15, 0.2) is 72.8 Å². The Balaban J connectivity index is 1.72. The summed E-state index contributed by atoms with van der Waals surface area (Å²) < 4.78 is 19.1. The first-order chi connectivity index (χ1) is 14.5. The van der Waals surface area contributed by atoms with Crippen LogP contribution in [0.4, 0.5) is 10.1 Å². The van der Waals surface area contributed by atoms with E-state index >= 15 is 0 Å². The molecule has 30 heavy (non-hydrogen) atoms. The molecule has 2 amide bonds. The predicted molar refractivity (Wildman–Crippen MR) is 112 cm³/mol. The minimum absolute atomic E-state index is 0.175. The highest BCUT2D eigenvalue weighted by atomic mass is 35.5. The second kappa shape index (κ2) is 8.55. The molecule has 1 heterocycles. The van der Waals surface area contributed by atoms with Crippen molar-refractivity contribution in [3.63, 3.8) is 0 Å². The highest BCUT2D eigenvalue weighted by molar-refractivity contribution is 6.30. The lowest BCUT2D eigenvalue weighted by Crippen LogP contribution is -2.41. The molecule has 5 nitrogen and oxygen atoms in total. The Hall–Kier alpha value is -3.38. The molecule has 3 aromatic carbocycles. The van der Waals surface area contributed by atoms with Crippen LogP contribution in [0.3, 0.4) is 0 Å². The molecule has 1 atom stereocenters. The third-order valence-electron chi connectivity index (χ3n) is 4.82. The molecule has 0 spiro atoms. The Morgan fingerprint density at radius 3 is 2.57 bits per heavy atom. The van der Waals surface area contributed by atoms with Crippen LogP contribution in [-0.4, -0.2) is 29.9 Å². The van der Waals surface area contributed by atoms with E-state index in [0.717, 1.165) is 0 Å². The topological polar surface area (TPSA) is 58.6 Å². The van der Waals surface area contributed by atoms with Crippen LogP contribution in [0, 0.1) is 5.82 Å². The van der Waals surface area contributed by atoms with E-state index in [9.17, 15) is 14.0 Å². The first-order valence-corrected chi connectivity index (χ1v) is 9.71. The van der Waals surface area contributed by atoms with Gasteiger partial charge in [-0.3, -0.25) is 9.59 Å². The molecule has 1 aliphatic rings. The van der Waals surface area contributed by atoms with E-state index in [1.165, 1.54) is 17.0 Å². The van der Waals surface area contributed by atoms with E-state index in [1.54, 1.807) is 54.6 Å². The number of para-hydroxylation sites is 1. The van der Waals surface area contributed by atoms with Crippen molar-refractivity contribution in [2.45, 2.75) is 6.04 Å². The number of ether oxygens (including phenoxy) is 1. The van der Waals surface area contributed by atoms with Crippen LogP contribution >= 0.6 is 11.6 Å². The molecule has 1 aliphatic heterocycles. The molecule has 0 fully saturated rings. The van der Waals surface area contributed by atoms with Gasteiger partial charge in [0.1, 0.15) is 18.1 Å². The van der Waals surface area contributed by atoms with Crippen molar-refractivity contribution in [1.82, 2.24) is 4.90 Å². The summed E-state index contributed by atoms with van der Waals surface area (Å²) in [5, 5.41) is 3.28. The summed E-state index contributed by atoms with van der Waals surface area (Å²) in [4.78, 5) is 27.1. The fourth-order valence-corrected chi connectivity index (χ4v) is 3.64. The van der Waals surface area contributed by atoms with Gasteiger partial charge in [-0.05, 0) is 48.0 Å². The Bertz CT molecular complexity index is 1070. The quantitative estimate of drug-likeness (QED) is 0.674. The third-order valence-corrected chi connectivity index (χ3v) is 5.05. The van der Waals surface area contributed by atoms with E-state index in [-0.39, 0.29) is 25.0 Å². The van der Waals surface area contributed by atoms with Gasteiger partial charge in [-0.15, -0.1) is 0 Å². The van der Waals surface area contributed by atoms with Crippen LogP contribution in [-0.2, 0) is 9.59 Å². The minimum Gasteiger partial charge on any atom is -0.484 e. The number of carbonyl (C=O) groups excluding carboxylic acids is 2. The normalized spacial score (nSPS) is 15.7. The zero-order valence-corrected chi connectivity index (χ0v) is 16.6. The number of hydrogen-bond acceptors (Lipinski definition) is 3. The number of carbonyl (C=O) groups is 2. The number of nitrogens with zero attached hydrogens (tertiary/aromatic N) is 1. The molecule has 1 N–H and O–H groups in total. The van der Waals surface area contributed by atoms with Crippen molar-refractivity contribution in [2.75, 3.05) is 18.5 Å². The van der Waals surface area contributed by atoms with Gasteiger partial charge in [-0.1, -0.05) is 41.9 Å². The predicted octanol–water partition coefficient (Wildman–Crippen LogP) is 4.43. The largest absolute Gasteiger partial charge is 0.484 e. The maximum absolute atomic E-state index is 13.5. The number of benzene rings is 3. The molecule has 0 saturated carbocycles. The maximum Gasteiger partial charge on any atom is 0.261 e. The summed E-state index contributed by atoms with van der Waals surface area (Å²) >= 11 is 6.21. The second-order valence-electron chi connectivity index (χ2n) is 6.86. The lowest BCUT2D eigenvalue weighted by atomic mass is 9.95. The van der Waals surface area contributed by atoms with Gasteiger partial charge in [0.2, 0.25) is 5.91 Å². The summed E-state index contributed by atoms with van der Waals surface area (Å²) in [6.07, 6.45) is 0. The van der Waals surface area contributed by atoms with E-state index in [1.807, 2.05) is 6.07 Å². The highest BCUT2D eigenvalue weighted by Crippen LogP contribution is 2.37. The van der Waals surface area contributed by atoms with Crippen molar-refractivity contribution >= 4 is 29.1 Å². The van der Waals surface area contributed by atoms with Gasteiger partial charge in [-0.25, -0.2) is 4.39 Å². The van der Waals surface area contributed by atoms with E-state index in [0.29, 0.717) is 27.6 Å². The fourth-order valence-electron chi connectivity index (χ4n) is 3.46. The average Bonchev–Trinajstić information content (AvgIpc) is 2.89. The molecule has 0 saturated heterocycles. The van der Waals surface area contributed by atoms with E-state index < -0.39 is 11.9 Å². The Kier molecular flexibility index (Phi) is 5.68. The lowest BCUT2D eigenvalue weighted by Gasteiger charge is -2.30. The minimum atomic E-state index is -0.634. The molecular weight excluding hydrogens is 407 g/mol. The molecule has 3 aromatic rings. The van der Waals surface area contributed by atoms with E-state index in [2.05, 4.69) is 5.32 Å². The number of halogens is 2. The average molecular weight is 425 g/mol. The van der Waals surface area contributed by atoms with Crippen molar-refractivity contribution in [3.05, 3.63) is 94.8 Å². The van der Waals surface area contributed by atoms with E-state index in [4.69, 9.17) is 16.3 Å². The zero-order chi connectivity index (χ0) is 21.1. The van der Waals surface area contributed by atoms with Crippen molar-refractivity contribution < 1.29 is 18.7 Å². The van der Waals surface area contributed by atoms with Gasteiger partial charge in [0.15, 0.2) is 6.61 Å². The molecular formula is C23H18ClFN2O3. The lowest BCUT2D eigenvalue weighted by molar-refractivity contribution is -0.138. The molecule has 4 rings (SSSR count). The zero-order valence-electron chi connectivity index (χ0n) is 15.8. The SMILES string of the molecule is O=C1CN(C(=O)COc2ccccc2)[C@@H](c2ccc(F)cc2)c2cc(Cl)ccc2N1. The maximum atomic E-state index is 13.5. The molecule has 0 aliphatic carbocycles. The monoisotopic (exact) mass is 424 g/mol. The molecule has 0 aromatic heterocycles. The Morgan fingerprint density at radius 1 is 1.10 bits per heavy atom. The number of amides is 2. The highest BCUT2D eigenvalue weighted by Gasteiger charge is 2.33. The summed E-state index contributed by atoms with van der Waals surface area (Å²) in [6, 6.07) is 19.2. The van der Waals surface area contributed by atoms with Gasteiger partial charge >= 0.3 is 0 Å². The van der Waals surface area contributed by atoms with Gasteiger partial charge in [0.05, 0.1) is 6.04 Å². The smallest absolute Gasteiger partial charge is 0.261 e. The number of anilines is 1. The Morgan fingerprint density at radius 2 is 1.83 bits per heavy atom. The first-order valence-electron chi connectivity index (χ1n) is 9.33. The van der Waals surface area contributed by atoms with Gasteiger partial charge in [-0.2, -0.15) is 0 Å². The van der Waals surface area contributed by atoms with Crippen LogP contribution < -0.4 is 10.1 Å². The summed E-state index contributed by atoms with van der Waals surface area (Å²) in [5.41, 5.74) is 1.86. The van der Waals surface area contributed by atoms with Gasteiger partial charge in [0, 0.05) is 16.3 Å². The number of fused-ring (bicyclic) bond motifs is 1. The van der Waals surface area contributed by atoms with Crippen molar-refractivity contribution in [3.8, 4) is 5.75 Å². The summed E-state index contributed by atoms with van der Waals surface area (Å²) in [5.74, 6) is -0.558. The van der Waals surface area contributed by atoms with Crippen molar-refractivity contribution in [2.24, 2.45) is 0 Å². The summed E-state index contributed by atoms with van der Waals surface area (Å²) in [6.45, 7) is -0.420. The summed E-state index contributed by atoms with van der Waals surface area (Å²) in [7, 11) is 0. The standard InChI is InChI=1S/C23H18ClFN2O3/c24-16-8-11-20-19(12-16)23(15-6-9-17(25)10-7-15)27(13-21(28)26-20)22(29)14-30-18-4-2-1-3-5-18/h1-12,23H,13-14H2,(H,26,28)/t23-/m0/s1. The van der Waals surface area contributed by atoms with Crippen LogP contribution in [0.5, 0.6) is 5.75 Å². The molecule has 0 unspecified atom stereocenters. The number of nitrogens with one attached hydrogen (secondary N) is 1. The van der Waals surface area contributed by atoms with Crippen LogP contribution in [0.25, 0.3) is 0 Å². The molecule has 152 valence electrons. The fraction of sp³-hybridized carbons (Fsp3) is 0.130. The van der Waals surface area contributed by atoms with Crippen molar-refractivity contribution in [1.29, 1.82) is 0 Å². The number of rotatable bonds is 4. The second-order valence-corrected chi connectivity index (χ2v) is 7.29. The Labute approximate surface area is 178 Å². The van der Waals surface area contributed by atoms with Gasteiger partial charge in [0.25, 0.3) is 5.91 Å².